The fraction of sp³-hybridized carbons (Fsp3) is 0.333. The van der Waals surface area contributed by atoms with Crippen LogP contribution < -0.4 is 9.47 Å². The lowest BCUT2D eigenvalue weighted by molar-refractivity contribution is -0.137. The maximum Gasteiger partial charge on any atom is 0.343 e. The van der Waals surface area contributed by atoms with E-state index in [0.717, 1.165) is 43.2 Å². The number of ether oxygens (including phenoxy) is 3. The summed E-state index contributed by atoms with van der Waals surface area (Å²) >= 11 is 0. The van der Waals surface area contributed by atoms with E-state index in [4.69, 9.17) is 14.2 Å². The van der Waals surface area contributed by atoms with Crippen LogP contribution in [0.5, 0.6) is 11.5 Å². The fourth-order valence-corrected chi connectivity index (χ4v) is 3.99. The van der Waals surface area contributed by atoms with Gasteiger partial charge in [-0.05, 0) is 91.6 Å². The molecular weight excluding hydrogens is 476 g/mol. The van der Waals surface area contributed by atoms with Crippen molar-refractivity contribution >= 4 is 11.9 Å². The normalized spacial score (nSPS) is 10.6. The number of aryl methyl sites for hydroxylation is 1. The Morgan fingerprint density at radius 2 is 1.32 bits per heavy atom. The molecule has 0 amide bonds. The van der Waals surface area contributed by atoms with Crippen molar-refractivity contribution in [2.24, 2.45) is 0 Å². The van der Waals surface area contributed by atoms with E-state index < -0.39 is 5.97 Å². The predicted octanol–water partition coefficient (Wildman–Crippen LogP) is 7.97. The lowest BCUT2D eigenvalue weighted by Gasteiger charge is -2.09. The van der Waals surface area contributed by atoms with Crippen molar-refractivity contribution in [1.29, 1.82) is 0 Å². The summed E-state index contributed by atoms with van der Waals surface area (Å²) in [6, 6.07) is 23.2. The molecule has 0 unspecified atom stereocenters. The molecule has 0 aliphatic heterocycles. The van der Waals surface area contributed by atoms with Gasteiger partial charge in [0.25, 0.3) is 0 Å². The fourth-order valence-electron chi connectivity index (χ4n) is 3.99. The maximum absolute atomic E-state index is 12.6. The highest BCUT2D eigenvalue weighted by Crippen LogP contribution is 2.24. The largest absolute Gasteiger partial charge is 0.494 e. The van der Waals surface area contributed by atoms with Crippen LogP contribution in [0.3, 0.4) is 0 Å². The molecule has 200 valence electrons. The Balaban J connectivity index is 1.39. The molecule has 0 N–H and O–H groups in total. The van der Waals surface area contributed by atoms with Gasteiger partial charge >= 0.3 is 11.9 Å². The van der Waals surface area contributed by atoms with E-state index in [1.807, 2.05) is 24.3 Å². The number of esters is 2. The molecule has 0 heterocycles. The first kappa shape index (κ1) is 28.7. The molecule has 0 aliphatic rings. The molecule has 0 aliphatic carbocycles. The summed E-state index contributed by atoms with van der Waals surface area (Å²) in [5.41, 5.74) is 4.06. The van der Waals surface area contributed by atoms with Crippen molar-refractivity contribution in [1.82, 2.24) is 0 Å². The first-order valence-electron chi connectivity index (χ1n) is 13.5. The van der Waals surface area contributed by atoms with Crippen LogP contribution in [-0.4, -0.2) is 25.2 Å². The van der Waals surface area contributed by atoms with Gasteiger partial charge in [0.15, 0.2) is 0 Å². The average molecular weight is 515 g/mol. The highest BCUT2D eigenvalue weighted by atomic mass is 16.5. The second kappa shape index (κ2) is 16.1. The summed E-state index contributed by atoms with van der Waals surface area (Å²) in [5.74, 6) is 0.433. The first-order chi connectivity index (χ1) is 18.6. The highest BCUT2D eigenvalue weighted by Gasteiger charge is 2.09. The predicted molar refractivity (Wildman–Crippen MR) is 152 cm³/mol. The summed E-state index contributed by atoms with van der Waals surface area (Å²) < 4.78 is 16.3. The summed E-state index contributed by atoms with van der Waals surface area (Å²) in [4.78, 5) is 23.5. The molecule has 5 heteroatoms. The van der Waals surface area contributed by atoms with Gasteiger partial charge in [0.05, 0.1) is 18.8 Å². The Morgan fingerprint density at radius 3 is 1.95 bits per heavy atom. The third-order valence-corrected chi connectivity index (χ3v) is 6.23. The molecule has 3 aromatic rings. The monoisotopic (exact) mass is 514 g/mol. The Kier molecular flexibility index (Phi) is 12.1. The number of benzene rings is 3. The third-order valence-electron chi connectivity index (χ3n) is 6.23. The molecule has 0 saturated heterocycles. The van der Waals surface area contributed by atoms with Crippen LogP contribution in [0, 0.1) is 0 Å². The SMILES string of the molecule is C=CC(=O)OCCCCCCOc1ccc(C(=O)Oc2ccc(-c3ccc(CCCCC)cc3)cc2)cc1. The van der Waals surface area contributed by atoms with Gasteiger partial charge in [-0.3, -0.25) is 0 Å². The average Bonchev–Trinajstić information content (AvgIpc) is 2.95. The van der Waals surface area contributed by atoms with E-state index in [1.165, 1.54) is 30.9 Å². The zero-order valence-corrected chi connectivity index (χ0v) is 22.3. The van der Waals surface area contributed by atoms with Crippen LogP contribution in [-0.2, 0) is 16.0 Å². The zero-order valence-electron chi connectivity index (χ0n) is 22.3. The van der Waals surface area contributed by atoms with Gasteiger partial charge in [-0.1, -0.05) is 62.7 Å². The van der Waals surface area contributed by atoms with Gasteiger partial charge in [-0.15, -0.1) is 0 Å². The Hall–Kier alpha value is -3.86. The molecule has 0 fully saturated rings. The summed E-state index contributed by atoms with van der Waals surface area (Å²) in [6.07, 6.45) is 9.69. The Morgan fingerprint density at radius 1 is 0.711 bits per heavy atom. The lowest BCUT2D eigenvalue weighted by Crippen LogP contribution is -2.08. The third kappa shape index (κ3) is 9.89. The van der Waals surface area contributed by atoms with Crippen molar-refractivity contribution in [2.75, 3.05) is 13.2 Å². The summed E-state index contributed by atoms with van der Waals surface area (Å²) in [7, 11) is 0. The maximum atomic E-state index is 12.6. The standard InChI is InChI=1S/C33H38O5/c1-3-5-8-11-26-12-14-27(15-13-26)28-16-22-31(23-17-28)38-33(35)29-18-20-30(21-19-29)36-24-9-6-7-10-25-37-32(34)4-2/h4,12-23H,2-3,5-11,24-25H2,1H3. The van der Waals surface area contributed by atoms with Crippen LogP contribution in [0.4, 0.5) is 0 Å². The number of carbonyl (C=O) groups is 2. The van der Waals surface area contributed by atoms with E-state index in [1.54, 1.807) is 24.3 Å². The number of hydrogen-bond donors (Lipinski definition) is 0. The second-order valence-electron chi connectivity index (χ2n) is 9.23. The topological polar surface area (TPSA) is 61.8 Å². The van der Waals surface area contributed by atoms with Crippen LogP contribution >= 0.6 is 0 Å². The van der Waals surface area contributed by atoms with Crippen LogP contribution in [0.1, 0.15) is 67.8 Å². The lowest BCUT2D eigenvalue weighted by atomic mass is 10.0. The summed E-state index contributed by atoms with van der Waals surface area (Å²) in [6.45, 7) is 6.59. The van der Waals surface area contributed by atoms with Crippen molar-refractivity contribution < 1.29 is 23.8 Å². The molecule has 0 saturated carbocycles. The van der Waals surface area contributed by atoms with Gasteiger partial charge in [-0.25, -0.2) is 9.59 Å². The smallest absolute Gasteiger partial charge is 0.343 e. The Labute approximate surface area is 226 Å². The molecule has 0 radical (unpaired) electrons. The van der Waals surface area contributed by atoms with E-state index in [-0.39, 0.29) is 5.97 Å². The minimum absolute atomic E-state index is 0.382. The van der Waals surface area contributed by atoms with Crippen LogP contribution in [0.15, 0.2) is 85.5 Å². The van der Waals surface area contributed by atoms with Crippen molar-refractivity contribution in [3.63, 3.8) is 0 Å². The van der Waals surface area contributed by atoms with E-state index in [0.29, 0.717) is 30.3 Å². The molecule has 3 rings (SSSR count). The molecule has 0 atom stereocenters. The van der Waals surface area contributed by atoms with Gasteiger partial charge in [0, 0.05) is 6.08 Å². The van der Waals surface area contributed by atoms with Crippen LogP contribution in [0.25, 0.3) is 11.1 Å². The molecule has 0 aromatic heterocycles. The molecule has 0 spiro atoms. The molecular formula is C33H38O5. The van der Waals surface area contributed by atoms with E-state index in [9.17, 15) is 9.59 Å². The van der Waals surface area contributed by atoms with Gasteiger partial charge in [0.1, 0.15) is 11.5 Å². The number of rotatable bonds is 16. The molecule has 5 nitrogen and oxygen atoms in total. The van der Waals surface area contributed by atoms with E-state index in [2.05, 4.69) is 37.8 Å². The second-order valence-corrected chi connectivity index (χ2v) is 9.23. The van der Waals surface area contributed by atoms with E-state index >= 15 is 0 Å². The van der Waals surface area contributed by atoms with Crippen molar-refractivity contribution in [3.05, 3.63) is 96.6 Å². The number of unbranched alkanes of at least 4 members (excludes halogenated alkanes) is 5. The number of hydrogen-bond acceptors (Lipinski definition) is 5. The molecule has 38 heavy (non-hydrogen) atoms. The summed E-state index contributed by atoms with van der Waals surface area (Å²) in [5, 5.41) is 0. The number of carbonyl (C=O) groups excluding carboxylic acids is 2. The first-order valence-corrected chi connectivity index (χ1v) is 13.5. The van der Waals surface area contributed by atoms with Crippen molar-refractivity contribution in [3.8, 4) is 22.6 Å². The zero-order chi connectivity index (χ0) is 27.0. The Bertz CT molecular complexity index is 1130. The minimum atomic E-state index is -0.405. The van der Waals surface area contributed by atoms with Crippen molar-refractivity contribution in [2.45, 2.75) is 58.3 Å². The quantitative estimate of drug-likeness (QED) is 0.0839. The van der Waals surface area contributed by atoms with Gasteiger partial charge in [-0.2, -0.15) is 0 Å². The minimum Gasteiger partial charge on any atom is -0.494 e. The van der Waals surface area contributed by atoms with Crippen LogP contribution in [0.2, 0.25) is 0 Å². The molecule has 3 aromatic carbocycles. The van der Waals surface area contributed by atoms with Gasteiger partial charge < -0.3 is 14.2 Å². The molecule has 0 bridgehead atoms. The highest BCUT2D eigenvalue weighted by molar-refractivity contribution is 5.91. The van der Waals surface area contributed by atoms with Gasteiger partial charge in [0.2, 0.25) is 0 Å².